The Morgan fingerprint density at radius 3 is 2.21 bits per heavy atom. The van der Waals surface area contributed by atoms with Gasteiger partial charge in [0.15, 0.2) is 0 Å². The van der Waals surface area contributed by atoms with E-state index in [0.717, 1.165) is 16.3 Å². The van der Waals surface area contributed by atoms with Gasteiger partial charge in [0.25, 0.3) is 15.9 Å². The van der Waals surface area contributed by atoms with Crippen LogP contribution in [0, 0.1) is 6.92 Å². The van der Waals surface area contributed by atoms with E-state index >= 15 is 0 Å². The zero-order valence-corrected chi connectivity index (χ0v) is 19.1. The molecule has 0 saturated heterocycles. The molecule has 0 saturated carbocycles. The number of aryl methyl sites for hydroxylation is 1. The second-order valence-electron chi connectivity index (χ2n) is 8.12. The molecule has 0 unspecified atom stereocenters. The van der Waals surface area contributed by atoms with Crippen molar-refractivity contribution in [1.82, 2.24) is 0 Å². The van der Waals surface area contributed by atoms with Gasteiger partial charge < -0.3 is 5.32 Å². The summed E-state index contributed by atoms with van der Waals surface area (Å²) in [6.45, 7) is 1.77. The Labute approximate surface area is 197 Å². The number of hydrogen-bond donors (Lipinski definition) is 2. The maximum atomic E-state index is 12.9. The Bertz CT molecular complexity index is 1520. The van der Waals surface area contributed by atoms with E-state index in [1.165, 1.54) is 29.2 Å². The molecule has 4 aromatic carbocycles. The molecule has 0 aliphatic carbocycles. The SMILES string of the molecule is Cc1ccc(NS(=O)(=O)c2ccc(NC(=O)CN3C(=O)c4cccc5cccc3c45)cc2)cc1. The minimum Gasteiger partial charge on any atom is -0.325 e. The van der Waals surface area contributed by atoms with Gasteiger partial charge >= 0.3 is 0 Å². The molecule has 0 bridgehead atoms. The summed E-state index contributed by atoms with van der Waals surface area (Å²) in [6.07, 6.45) is 0. The minimum absolute atomic E-state index is 0.0722. The van der Waals surface area contributed by atoms with Gasteiger partial charge in [0.1, 0.15) is 6.54 Å². The van der Waals surface area contributed by atoms with Crippen molar-refractivity contribution in [2.75, 3.05) is 21.5 Å². The van der Waals surface area contributed by atoms with Crippen LogP contribution in [-0.4, -0.2) is 26.8 Å². The molecule has 1 aliphatic heterocycles. The fourth-order valence-corrected chi connectivity index (χ4v) is 5.09. The quantitative estimate of drug-likeness (QED) is 0.431. The summed E-state index contributed by atoms with van der Waals surface area (Å²) in [5.41, 5.74) is 3.21. The van der Waals surface area contributed by atoms with Crippen LogP contribution >= 0.6 is 0 Å². The summed E-state index contributed by atoms with van der Waals surface area (Å²) in [4.78, 5) is 27.1. The fraction of sp³-hybridized carbons (Fsp3) is 0.0769. The largest absolute Gasteiger partial charge is 0.325 e. The molecule has 8 heteroatoms. The molecule has 0 aromatic heterocycles. The predicted octanol–water partition coefficient (Wildman–Crippen LogP) is 4.55. The van der Waals surface area contributed by atoms with E-state index in [1.54, 1.807) is 18.2 Å². The molecular weight excluding hydrogens is 450 g/mol. The lowest BCUT2D eigenvalue weighted by Gasteiger charge is -2.17. The molecule has 1 aliphatic rings. The summed E-state index contributed by atoms with van der Waals surface area (Å²) in [5.74, 6) is -0.600. The Hall–Kier alpha value is -4.17. The van der Waals surface area contributed by atoms with Crippen LogP contribution in [0.5, 0.6) is 0 Å². The van der Waals surface area contributed by atoms with Gasteiger partial charge in [-0.05, 0) is 60.8 Å². The minimum atomic E-state index is -3.77. The van der Waals surface area contributed by atoms with Gasteiger partial charge in [-0.3, -0.25) is 19.2 Å². The molecule has 170 valence electrons. The first-order valence-corrected chi connectivity index (χ1v) is 12.1. The maximum absolute atomic E-state index is 12.9. The number of carbonyl (C=O) groups is 2. The van der Waals surface area contributed by atoms with Crippen LogP contribution in [0.2, 0.25) is 0 Å². The molecule has 0 radical (unpaired) electrons. The number of hydrogen-bond acceptors (Lipinski definition) is 4. The van der Waals surface area contributed by atoms with Crippen molar-refractivity contribution in [3.8, 4) is 0 Å². The van der Waals surface area contributed by atoms with E-state index in [2.05, 4.69) is 10.0 Å². The molecule has 1 heterocycles. The maximum Gasteiger partial charge on any atom is 0.261 e. The zero-order chi connectivity index (χ0) is 23.9. The molecule has 0 spiro atoms. The number of carbonyl (C=O) groups excluding carboxylic acids is 2. The van der Waals surface area contributed by atoms with E-state index in [4.69, 9.17) is 0 Å². The highest BCUT2D eigenvalue weighted by atomic mass is 32.2. The first-order valence-electron chi connectivity index (χ1n) is 10.6. The monoisotopic (exact) mass is 471 g/mol. The van der Waals surface area contributed by atoms with E-state index in [-0.39, 0.29) is 23.3 Å². The molecule has 0 atom stereocenters. The predicted molar refractivity (Wildman–Crippen MR) is 133 cm³/mol. The van der Waals surface area contributed by atoms with Crippen LogP contribution in [0.3, 0.4) is 0 Å². The average Bonchev–Trinajstić information content (AvgIpc) is 3.09. The lowest BCUT2D eigenvalue weighted by molar-refractivity contribution is -0.114. The van der Waals surface area contributed by atoms with Crippen LogP contribution in [0.1, 0.15) is 15.9 Å². The second-order valence-corrected chi connectivity index (χ2v) is 9.80. The van der Waals surface area contributed by atoms with Gasteiger partial charge in [-0.15, -0.1) is 0 Å². The van der Waals surface area contributed by atoms with Crippen LogP contribution in [-0.2, 0) is 14.8 Å². The Morgan fingerprint density at radius 1 is 0.853 bits per heavy atom. The van der Waals surface area contributed by atoms with Crippen molar-refractivity contribution in [3.05, 3.63) is 96.1 Å². The standard InChI is InChI=1S/C26H21N3O4S/c1-17-8-10-20(11-9-17)28-34(32,33)21-14-12-19(13-15-21)27-24(30)16-29-23-7-3-5-18-4-2-6-22(25(18)23)26(29)31/h2-15,28H,16H2,1H3,(H,27,30). The van der Waals surface area contributed by atoms with Gasteiger partial charge in [-0.25, -0.2) is 8.42 Å². The van der Waals surface area contributed by atoms with E-state index in [9.17, 15) is 18.0 Å². The number of anilines is 3. The molecule has 4 aromatic rings. The highest BCUT2D eigenvalue weighted by Gasteiger charge is 2.30. The normalized spacial score (nSPS) is 12.7. The average molecular weight is 472 g/mol. The molecule has 2 N–H and O–H groups in total. The lowest BCUT2D eigenvalue weighted by Crippen LogP contribution is -2.35. The molecule has 2 amide bonds. The van der Waals surface area contributed by atoms with Gasteiger partial charge in [0.05, 0.1) is 10.6 Å². The Balaban J connectivity index is 1.28. The summed E-state index contributed by atoms with van der Waals surface area (Å²) < 4.78 is 27.8. The number of benzene rings is 4. The third kappa shape index (κ3) is 3.99. The summed E-state index contributed by atoms with van der Waals surface area (Å²) in [5, 5.41) is 4.53. The first-order chi connectivity index (χ1) is 16.3. The second kappa shape index (κ2) is 8.31. The summed E-state index contributed by atoms with van der Waals surface area (Å²) >= 11 is 0. The number of sulfonamides is 1. The van der Waals surface area contributed by atoms with E-state index in [0.29, 0.717) is 22.6 Å². The topological polar surface area (TPSA) is 95.6 Å². The van der Waals surface area contributed by atoms with Crippen molar-refractivity contribution in [2.45, 2.75) is 11.8 Å². The smallest absolute Gasteiger partial charge is 0.261 e. The Morgan fingerprint density at radius 2 is 1.50 bits per heavy atom. The van der Waals surface area contributed by atoms with Crippen molar-refractivity contribution < 1.29 is 18.0 Å². The molecule has 7 nitrogen and oxygen atoms in total. The van der Waals surface area contributed by atoms with Crippen LogP contribution in [0.15, 0.2) is 89.8 Å². The molecule has 34 heavy (non-hydrogen) atoms. The van der Waals surface area contributed by atoms with Crippen molar-refractivity contribution in [2.24, 2.45) is 0 Å². The number of rotatable bonds is 6. The van der Waals surface area contributed by atoms with Crippen LogP contribution in [0.25, 0.3) is 10.8 Å². The molecular formula is C26H21N3O4S. The summed E-state index contributed by atoms with van der Waals surface area (Å²) in [7, 11) is -3.77. The molecule has 5 rings (SSSR count). The van der Waals surface area contributed by atoms with Gasteiger partial charge in [0.2, 0.25) is 5.91 Å². The highest BCUT2D eigenvalue weighted by molar-refractivity contribution is 7.92. The van der Waals surface area contributed by atoms with Crippen LogP contribution in [0.4, 0.5) is 17.1 Å². The number of amides is 2. The van der Waals surface area contributed by atoms with Gasteiger partial charge in [-0.1, -0.05) is 42.0 Å². The van der Waals surface area contributed by atoms with Crippen molar-refractivity contribution in [1.29, 1.82) is 0 Å². The third-order valence-corrected chi connectivity index (χ3v) is 7.10. The lowest BCUT2D eigenvalue weighted by atomic mass is 10.1. The summed E-state index contributed by atoms with van der Waals surface area (Å²) in [6, 6.07) is 24.0. The van der Waals surface area contributed by atoms with E-state index in [1.807, 2.05) is 49.4 Å². The van der Waals surface area contributed by atoms with Gasteiger partial charge in [0, 0.05) is 22.3 Å². The Kier molecular flexibility index (Phi) is 5.30. The molecule has 0 fully saturated rings. The number of nitrogens with one attached hydrogen (secondary N) is 2. The third-order valence-electron chi connectivity index (χ3n) is 5.70. The van der Waals surface area contributed by atoms with Gasteiger partial charge in [-0.2, -0.15) is 0 Å². The van der Waals surface area contributed by atoms with E-state index < -0.39 is 10.0 Å². The highest BCUT2D eigenvalue weighted by Crippen LogP contribution is 2.37. The number of nitrogens with zero attached hydrogens (tertiary/aromatic N) is 1. The first kappa shape index (κ1) is 21.7. The van der Waals surface area contributed by atoms with Crippen molar-refractivity contribution in [3.63, 3.8) is 0 Å². The zero-order valence-electron chi connectivity index (χ0n) is 18.3. The van der Waals surface area contributed by atoms with Crippen LogP contribution < -0.4 is 14.9 Å². The van der Waals surface area contributed by atoms with Crippen molar-refractivity contribution >= 4 is 49.7 Å². The fourth-order valence-electron chi connectivity index (χ4n) is 4.03.